The smallest absolute Gasteiger partial charge is 0.222 e. The van der Waals surface area contributed by atoms with Crippen molar-refractivity contribution >= 4 is 21.8 Å². The Morgan fingerprint density at radius 2 is 2.05 bits per heavy atom. The third-order valence-electron chi connectivity index (χ3n) is 4.23. The second kappa shape index (κ2) is 7.82. The molecule has 0 N–H and O–H groups in total. The van der Waals surface area contributed by atoms with E-state index in [0.29, 0.717) is 13.0 Å². The molecule has 2 rings (SSSR count). The summed E-state index contributed by atoms with van der Waals surface area (Å²) in [5, 5.41) is 0. The van der Waals surface area contributed by atoms with E-state index >= 15 is 0 Å². The monoisotopic (exact) mass is 337 g/mol. The lowest BCUT2D eigenvalue weighted by atomic mass is 9.86. The predicted molar refractivity (Wildman–Crippen MR) is 86.4 cm³/mol. The molecule has 3 heteroatoms. The van der Waals surface area contributed by atoms with Gasteiger partial charge in [0, 0.05) is 24.5 Å². The fourth-order valence-electron chi connectivity index (χ4n) is 2.99. The van der Waals surface area contributed by atoms with Gasteiger partial charge in [0.25, 0.3) is 0 Å². The van der Waals surface area contributed by atoms with Gasteiger partial charge in [-0.15, -0.1) is 0 Å². The minimum Gasteiger partial charge on any atom is -0.341 e. The van der Waals surface area contributed by atoms with Crippen LogP contribution < -0.4 is 0 Å². The molecular weight excluding hydrogens is 314 g/mol. The lowest BCUT2D eigenvalue weighted by molar-refractivity contribution is -0.130. The predicted octanol–water partition coefficient (Wildman–Crippen LogP) is 4.77. The maximum Gasteiger partial charge on any atom is 0.222 e. The summed E-state index contributed by atoms with van der Waals surface area (Å²) < 4.78 is 1.07. The first-order valence-electron chi connectivity index (χ1n) is 7.63. The summed E-state index contributed by atoms with van der Waals surface area (Å²) >= 11 is 3.47. The van der Waals surface area contributed by atoms with Crippen LogP contribution in [0.25, 0.3) is 0 Å². The Bertz CT molecular complexity index is 440. The van der Waals surface area contributed by atoms with Crippen molar-refractivity contribution in [1.29, 1.82) is 0 Å². The summed E-state index contributed by atoms with van der Waals surface area (Å²) in [5.74, 6) is 1.06. The van der Waals surface area contributed by atoms with Crippen molar-refractivity contribution in [3.8, 4) is 0 Å². The molecule has 0 unspecified atom stereocenters. The first kappa shape index (κ1) is 15.6. The molecule has 1 amide bonds. The second-order valence-electron chi connectivity index (χ2n) is 5.92. The average molecular weight is 338 g/mol. The topological polar surface area (TPSA) is 20.3 Å². The van der Waals surface area contributed by atoms with Crippen LogP contribution in [0, 0.1) is 5.92 Å². The highest BCUT2D eigenvalue weighted by molar-refractivity contribution is 9.10. The van der Waals surface area contributed by atoms with Crippen LogP contribution in [0.3, 0.4) is 0 Å². The number of hydrogen-bond donors (Lipinski definition) is 0. The van der Waals surface area contributed by atoms with Crippen LogP contribution in [0.4, 0.5) is 0 Å². The Morgan fingerprint density at radius 3 is 2.75 bits per heavy atom. The van der Waals surface area contributed by atoms with Crippen LogP contribution in [-0.4, -0.2) is 17.9 Å². The molecule has 1 saturated carbocycles. The zero-order valence-corrected chi connectivity index (χ0v) is 13.9. The SMILES string of the molecule is CN(Cc1cccc(Br)c1)C(=O)CCC1CCCCC1. The Balaban J connectivity index is 1.76. The first-order valence-corrected chi connectivity index (χ1v) is 8.43. The molecule has 0 heterocycles. The van der Waals surface area contributed by atoms with Gasteiger partial charge in [-0.3, -0.25) is 4.79 Å². The van der Waals surface area contributed by atoms with E-state index in [1.807, 2.05) is 24.1 Å². The van der Waals surface area contributed by atoms with E-state index < -0.39 is 0 Å². The van der Waals surface area contributed by atoms with E-state index in [1.54, 1.807) is 0 Å². The van der Waals surface area contributed by atoms with Gasteiger partial charge in [0.2, 0.25) is 5.91 Å². The third kappa shape index (κ3) is 4.93. The fourth-order valence-corrected chi connectivity index (χ4v) is 3.44. The van der Waals surface area contributed by atoms with Crippen LogP contribution in [0.5, 0.6) is 0 Å². The molecule has 0 radical (unpaired) electrons. The number of hydrogen-bond acceptors (Lipinski definition) is 1. The molecule has 0 saturated heterocycles. The summed E-state index contributed by atoms with van der Waals surface area (Å²) in [6, 6.07) is 8.16. The fraction of sp³-hybridized carbons (Fsp3) is 0.588. The summed E-state index contributed by atoms with van der Waals surface area (Å²) in [4.78, 5) is 14.0. The number of amides is 1. The number of rotatable bonds is 5. The summed E-state index contributed by atoms with van der Waals surface area (Å²) in [7, 11) is 1.91. The van der Waals surface area contributed by atoms with Crippen molar-refractivity contribution in [3.63, 3.8) is 0 Å². The van der Waals surface area contributed by atoms with Crippen LogP contribution in [-0.2, 0) is 11.3 Å². The van der Waals surface area contributed by atoms with Gasteiger partial charge in [-0.25, -0.2) is 0 Å². The molecule has 110 valence electrons. The highest BCUT2D eigenvalue weighted by Crippen LogP contribution is 2.27. The van der Waals surface area contributed by atoms with Crippen molar-refractivity contribution in [2.75, 3.05) is 7.05 Å². The molecule has 1 aromatic rings. The van der Waals surface area contributed by atoms with Crippen LogP contribution >= 0.6 is 15.9 Å². The standard InChI is InChI=1S/C17H24BrNO/c1-19(13-15-8-5-9-16(18)12-15)17(20)11-10-14-6-3-2-4-7-14/h5,8-9,12,14H,2-4,6-7,10-11,13H2,1H3. The Kier molecular flexibility index (Phi) is 6.08. The van der Waals surface area contributed by atoms with Crippen molar-refractivity contribution in [3.05, 3.63) is 34.3 Å². The normalized spacial score (nSPS) is 16.1. The molecule has 1 aromatic carbocycles. The van der Waals surface area contributed by atoms with Crippen LogP contribution in [0.1, 0.15) is 50.5 Å². The lowest BCUT2D eigenvalue weighted by Crippen LogP contribution is -2.26. The molecule has 20 heavy (non-hydrogen) atoms. The zero-order chi connectivity index (χ0) is 14.4. The number of carbonyl (C=O) groups is 1. The second-order valence-corrected chi connectivity index (χ2v) is 6.84. The molecule has 1 fully saturated rings. The largest absolute Gasteiger partial charge is 0.341 e. The van der Waals surface area contributed by atoms with E-state index in [4.69, 9.17) is 0 Å². The third-order valence-corrected chi connectivity index (χ3v) is 4.72. The molecule has 0 atom stereocenters. The highest BCUT2D eigenvalue weighted by atomic mass is 79.9. The van der Waals surface area contributed by atoms with E-state index in [1.165, 1.54) is 37.7 Å². The lowest BCUT2D eigenvalue weighted by Gasteiger charge is -2.23. The van der Waals surface area contributed by atoms with E-state index in [-0.39, 0.29) is 5.91 Å². The van der Waals surface area contributed by atoms with Gasteiger partial charge in [0.15, 0.2) is 0 Å². The molecular formula is C17H24BrNO. The van der Waals surface area contributed by atoms with Gasteiger partial charge in [-0.05, 0) is 30.0 Å². The van der Waals surface area contributed by atoms with Crippen LogP contribution in [0.15, 0.2) is 28.7 Å². The van der Waals surface area contributed by atoms with E-state index in [2.05, 4.69) is 28.1 Å². The number of halogens is 1. The quantitative estimate of drug-likeness (QED) is 0.757. The summed E-state index contributed by atoms with van der Waals surface area (Å²) in [5.41, 5.74) is 1.17. The van der Waals surface area contributed by atoms with Gasteiger partial charge < -0.3 is 4.90 Å². The van der Waals surface area contributed by atoms with Gasteiger partial charge in [0.05, 0.1) is 0 Å². The summed E-state index contributed by atoms with van der Waals surface area (Å²) in [6.45, 7) is 0.697. The minimum absolute atomic E-state index is 0.274. The highest BCUT2D eigenvalue weighted by Gasteiger charge is 2.16. The maximum atomic E-state index is 12.2. The number of nitrogens with zero attached hydrogens (tertiary/aromatic N) is 1. The Labute approximate surface area is 130 Å². The Hall–Kier alpha value is -0.830. The molecule has 0 bridgehead atoms. The van der Waals surface area contributed by atoms with Gasteiger partial charge in [-0.1, -0.05) is 60.2 Å². The van der Waals surface area contributed by atoms with Crippen molar-refractivity contribution in [2.45, 2.75) is 51.5 Å². The molecule has 1 aliphatic carbocycles. The molecule has 2 nitrogen and oxygen atoms in total. The molecule has 0 aliphatic heterocycles. The first-order chi connectivity index (χ1) is 9.65. The average Bonchev–Trinajstić information content (AvgIpc) is 2.46. The Morgan fingerprint density at radius 1 is 1.30 bits per heavy atom. The van der Waals surface area contributed by atoms with Crippen LogP contribution in [0.2, 0.25) is 0 Å². The van der Waals surface area contributed by atoms with Crippen molar-refractivity contribution in [1.82, 2.24) is 4.90 Å². The van der Waals surface area contributed by atoms with Crippen molar-refractivity contribution in [2.24, 2.45) is 5.92 Å². The number of carbonyl (C=O) groups excluding carboxylic acids is 1. The molecule has 0 spiro atoms. The zero-order valence-electron chi connectivity index (χ0n) is 12.3. The number of benzene rings is 1. The summed E-state index contributed by atoms with van der Waals surface area (Å²) in [6.07, 6.45) is 8.51. The van der Waals surface area contributed by atoms with Gasteiger partial charge in [0.1, 0.15) is 0 Å². The molecule has 0 aromatic heterocycles. The van der Waals surface area contributed by atoms with E-state index in [0.717, 1.165) is 16.8 Å². The maximum absolute atomic E-state index is 12.2. The minimum atomic E-state index is 0.274. The molecule has 1 aliphatic rings. The van der Waals surface area contributed by atoms with E-state index in [9.17, 15) is 4.79 Å². The van der Waals surface area contributed by atoms with Crippen molar-refractivity contribution < 1.29 is 4.79 Å². The van der Waals surface area contributed by atoms with Gasteiger partial charge in [-0.2, -0.15) is 0 Å². The van der Waals surface area contributed by atoms with Gasteiger partial charge >= 0.3 is 0 Å².